The molecular weight excluding hydrogens is 1080 g/mol. The summed E-state index contributed by atoms with van der Waals surface area (Å²) < 4.78 is 12.2. The van der Waals surface area contributed by atoms with Gasteiger partial charge in [-0.3, -0.25) is 38.4 Å². The van der Waals surface area contributed by atoms with Crippen molar-refractivity contribution >= 4 is 70.0 Å². The summed E-state index contributed by atoms with van der Waals surface area (Å²) in [6.45, 7) is 0. The van der Waals surface area contributed by atoms with Crippen LogP contribution in [0.2, 0.25) is 0 Å². The first-order valence-corrected chi connectivity index (χ1v) is 27.0. The van der Waals surface area contributed by atoms with E-state index in [-0.39, 0.29) is 55.9 Å². The molecule has 0 bridgehead atoms. The van der Waals surface area contributed by atoms with Gasteiger partial charge in [0.25, 0.3) is 47.3 Å². The minimum Gasteiger partial charge on any atom is -0.457 e. The van der Waals surface area contributed by atoms with Gasteiger partial charge in [-0.05, 0) is 181 Å². The van der Waals surface area contributed by atoms with Gasteiger partial charge in [-0.15, -0.1) is 0 Å². The first kappa shape index (κ1) is 51.6. The number of anilines is 4. The molecule has 14 nitrogen and oxygen atoms in total. The van der Waals surface area contributed by atoms with Gasteiger partial charge in [0.15, 0.2) is 0 Å². The maximum absolute atomic E-state index is 14.4. The molecule has 406 valence electrons. The number of amides is 8. The molecule has 0 aliphatic carbocycles. The lowest BCUT2D eigenvalue weighted by Crippen LogP contribution is -2.29. The molecule has 14 heteroatoms. The van der Waals surface area contributed by atoms with Gasteiger partial charge in [0.2, 0.25) is 0 Å². The maximum Gasteiger partial charge on any atom is 0.266 e. The fourth-order valence-electron chi connectivity index (χ4n) is 10.9. The fraction of sp³-hybridized carbons (Fsp3) is 0. The van der Waals surface area contributed by atoms with Crippen molar-refractivity contribution in [1.82, 2.24) is 0 Å². The second-order valence-corrected chi connectivity index (χ2v) is 20.2. The molecule has 0 saturated heterocycles. The Labute approximate surface area is 490 Å². The Morgan fingerprint density at radius 3 is 0.837 bits per heavy atom. The fourth-order valence-corrected chi connectivity index (χ4v) is 10.9. The lowest BCUT2D eigenvalue weighted by molar-refractivity contribution is 0.0910. The summed E-state index contributed by atoms with van der Waals surface area (Å²) in [5, 5.41) is 0. The molecular formula is C72H38N4O10. The second kappa shape index (κ2) is 20.8. The number of imide groups is 4. The van der Waals surface area contributed by atoms with Gasteiger partial charge in [0.1, 0.15) is 23.0 Å². The van der Waals surface area contributed by atoms with Crippen molar-refractivity contribution in [3.8, 4) is 57.8 Å². The molecule has 0 saturated carbocycles. The molecule has 0 aromatic heterocycles. The predicted molar refractivity (Wildman–Crippen MR) is 320 cm³/mol. The smallest absolute Gasteiger partial charge is 0.266 e. The van der Waals surface area contributed by atoms with E-state index < -0.39 is 47.3 Å². The second-order valence-electron chi connectivity index (χ2n) is 20.2. The van der Waals surface area contributed by atoms with E-state index in [1.807, 2.05) is 60.7 Å². The third kappa shape index (κ3) is 8.92. The minimum atomic E-state index is -0.631. The van der Waals surface area contributed by atoms with Crippen LogP contribution in [-0.4, -0.2) is 47.3 Å². The lowest BCUT2D eigenvalue weighted by atomic mass is 9.91. The van der Waals surface area contributed by atoms with Crippen LogP contribution in [-0.2, 0) is 0 Å². The first-order valence-electron chi connectivity index (χ1n) is 27.0. The Balaban J connectivity index is 0.631. The van der Waals surface area contributed by atoms with Crippen molar-refractivity contribution in [2.45, 2.75) is 0 Å². The van der Waals surface area contributed by atoms with Crippen LogP contribution < -0.4 is 29.1 Å². The zero-order chi connectivity index (χ0) is 58.7. The normalized spacial score (nSPS) is 13.7. The third-order valence-electron chi connectivity index (χ3n) is 15.0. The minimum absolute atomic E-state index is 0.0672. The Bertz CT molecular complexity index is 4450. The monoisotopic (exact) mass is 1120 g/mol. The molecule has 4 aliphatic heterocycles. The summed E-state index contributed by atoms with van der Waals surface area (Å²) in [5.41, 5.74) is 6.08. The summed E-state index contributed by atoms with van der Waals surface area (Å²) in [5.74, 6) is 9.50. The van der Waals surface area contributed by atoms with Crippen LogP contribution in [0.15, 0.2) is 231 Å². The van der Waals surface area contributed by atoms with Crippen LogP contribution in [0.3, 0.4) is 0 Å². The van der Waals surface area contributed by atoms with Gasteiger partial charge in [-0.1, -0.05) is 84.3 Å². The zero-order valence-corrected chi connectivity index (χ0v) is 44.8. The number of nitrogens with zero attached hydrogens (tertiary/aromatic N) is 4. The number of fused-ring (bicyclic) bond motifs is 4. The maximum atomic E-state index is 14.4. The average Bonchev–Trinajstić information content (AvgIpc) is 1.96. The van der Waals surface area contributed by atoms with Gasteiger partial charge in [0.05, 0.1) is 67.3 Å². The van der Waals surface area contributed by atoms with Crippen LogP contribution in [0.5, 0.6) is 23.0 Å². The van der Waals surface area contributed by atoms with E-state index in [4.69, 9.17) is 9.47 Å². The standard InChI is InChI=1S/C72H38N4O10/c77-65-57-39-21-45(19-17-43-9-3-1-4-10-43)41-61(57)69(81)73(65)47-23-31-51(32-24-47)85-53-35-27-49(28-36-53)75-67(79)59-15-7-13-55(63(59)71(75)83)56-14-8-16-60-64(56)72(84)76(68(60)80)50-29-37-54(38-30-50)86-52-33-25-48(26-34-52)74-66(78)58-40-22-46(42-62(58)70(74)82)20-18-44-11-5-2-6-12-44/h1-16,21-42H. The number of rotatable bonds is 9. The number of hydrogen-bond donors (Lipinski definition) is 0. The SMILES string of the molecule is O=C1c2ccc(C#Cc3ccccc3)cc2C(=O)N1c1ccc(Oc2ccc(N3C(=O)c4cccc(-c5cccc6c5C(=O)N(c5ccc(Oc7ccc(N8C(=O)c9ccc(C#Cc%10ccccc%10)cc9C8=O)cc7)cc5)C6=O)c4C3=O)cc2)cc1. The predicted octanol–water partition coefficient (Wildman–Crippen LogP) is 12.9. The van der Waals surface area contributed by atoms with Gasteiger partial charge in [-0.25, -0.2) is 19.6 Å². The molecule has 0 unspecified atom stereocenters. The average molecular weight is 1120 g/mol. The molecule has 86 heavy (non-hydrogen) atoms. The van der Waals surface area contributed by atoms with E-state index in [0.29, 0.717) is 56.6 Å². The molecule has 10 aromatic carbocycles. The zero-order valence-electron chi connectivity index (χ0n) is 44.8. The molecule has 10 aromatic rings. The van der Waals surface area contributed by atoms with Crippen molar-refractivity contribution in [2.24, 2.45) is 0 Å². The summed E-state index contributed by atoms with van der Waals surface area (Å²) in [6, 6.07) is 63.9. The molecule has 0 radical (unpaired) electrons. The van der Waals surface area contributed by atoms with Crippen LogP contribution >= 0.6 is 0 Å². The van der Waals surface area contributed by atoms with Crippen LogP contribution in [0, 0.1) is 23.7 Å². The summed E-state index contributed by atoms with van der Waals surface area (Å²) in [6.07, 6.45) is 0. The molecule has 14 rings (SSSR count). The van der Waals surface area contributed by atoms with Crippen molar-refractivity contribution in [2.75, 3.05) is 19.6 Å². The largest absolute Gasteiger partial charge is 0.457 e. The highest BCUT2D eigenvalue weighted by molar-refractivity contribution is 6.39. The van der Waals surface area contributed by atoms with E-state index >= 15 is 0 Å². The molecule has 0 fully saturated rings. The van der Waals surface area contributed by atoms with Crippen LogP contribution in [0.25, 0.3) is 11.1 Å². The van der Waals surface area contributed by atoms with Gasteiger partial charge in [0, 0.05) is 22.3 Å². The van der Waals surface area contributed by atoms with Crippen LogP contribution in [0.1, 0.15) is 105 Å². The van der Waals surface area contributed by atoms with E-state index in [1.165, 1.54) is 12.1 Å². The highest BCUT2D eigenvalue weighted by Crippen LogP contribution is 2.42. The number of carbonyl (C=O) groups excluding carboxylic acids is 8. The van der Waals surface area contributed by atoms with Gasteiger partial charge < -0.3 is 9.47 Å². The summed E-state index contributed by atoms with van der Waals surface area (Å²) in [7, 11) is 0. The number of benzene rings is 10. The molecule has 0 spiro atoms. The summed E-state index contributed by atoms with van der Waals surface area (Å²) >= 11 is 0. The van der Waals surface area contributed by atoms with Crippen molar-refractivity contribution in [1.29, 1.82) is 0 Å². The molecule has 0 N–H and O–H groups in total. The quantitative estimate of drug-likeness (QED) is 0.100. The van der Waals surface area contributed by atoms with E-state index in [9.17, 15) is 38.4 Å². The van der Waals surface area contributed by atoms with E-state index in [2.05, 4.69) is 23.7 Å². The van der Waals surface area contributed by atoms with Crippen molar-refractivity contribution < 1.29 is 47.8 Å². The number of hydrogen-bond acceptors (Lipinski definition) is 10. The first-order chi connectivity index (χ1) is 41.9. The number of carbonyl (C=O) groups is 8. The highest BCUT2D eigenvalue weighted by Gasteiger charge is 2.43. The van der Waals surface area contributed by atoms with E-state index in [0.717, 1.165) is 30.7 Å². The van der Waals surface area contributed by atoms with Gasteiger partial charge in [-0.2, -0.15) is 0 Å². The molecule has 8 amide bonds. The third-order valence-corrected chi connectivity index (χ3v) is 15.0. The molecule has 4 aliphatic rings. The van der Waals surface area contributed by atoms with Crippen molar-refractivity contribution in [3.05, 3.63) is 297 Å². The Morgan fingerprint density at radius 2 is 0.500 bits per heavy atom. The topological polar surface area (TPSA) is 168 Å². The Kier molecular flexibility index (Phi) is 12.5. The van der Waals surface area contributed by atoms with Crippen LogP contribution in [0.4, 0.5) is 22.7 Å². The van der Waals surface area contributed by atoms with E-state index in [1.54, 1.807) is 158 Å². The number of ether oxygens (including phenoxy) is 2. The molecule has 4 heterocycles. The highest BCUT2D eigenvalue weighted by atomic mass is 16.5. The Hall–Kier alpha value is -12.5. The lowest BCUT2D eigenvalue weighted by Gasteiger charge is -2.16. The Morgan fingerprint density at radius 1 is 0.221 bits per heavy atom. The van der Waals surface area contributed by atoms with Gasteiger partial charge >= 0.3 is 0 Å². The summed E-state index contributed by atoms with van der Waals surface area (Å²) in [4.78, 5) is 115. The molecule has 0 atom stereocenters. The van der Waals surface area contributed by atoms with Crippen molar-refractivity contribution in [3.63, 3.8) is 0 Å².